The minimum Gasteiger partial charge on any atom is -0.450 e. The zero-order valence-electron chi connectivity index (χ0n) is 15.8. The lowest BCUT2D eigenvalue weighted by atomic mass is 9.94. The summed E-state index contributed by atoms with van der Waals surface area (Å²) in [5.74, 6) is 0.350. The summed E-state index contributed by atoms with van der Waals surface area (Å²) >= 11 is 0. The molecular weight excluding hydrogens is 330 g/mol. The van der Waals surface area contributed by atoms with Crippen molar-refractivity contribution in [3.8, 4) is 0 Å². The molecule has 0 spiro atoms. The first-order chi connectivity index (χ1) is 12.6. The van der Waals surface area contributed by atoms with E-state index in [4.69, 9.17) is 4.74 Å². The third-order valence-electron chi connectivity index (χ3n) is 5.36. The molecule has 142 valence electrons. The Morgan fingerprint density at radius 1 is 0.962 bits per heavy atom. The first kappa shape index (κ1) is 18.5. The molecule has 2 saturated heterocycles. The van der Waals surface area contributed by atoms with Crippen LogP contribution in [0.4, 0.5) is 10.5 Å². The molecule has 0 bridgehead atoms. The van der Waals surface area contributed by atoms with Gasteiger partial charge in [0.25, 0.3) is 0 Å². The van der Waals surface area contributed by atoms with Gasteiger partial charge in [-0.25, -0.2) is 4.79 Å². The molecule has 6 heteroatoms. The topological polar surface area (TPSA) is 53.1 Å². The normalized spacial score (nSPS) is 18.8. The molecule has 1 aromatic rings. The monoisotopic (exact) mass is 359 g/mol. The average molecular weight is 359 g/mol. The van der Waals surface area contributed by atoms with Gasteiger partial charge in [0.05, 0.1) is 6.61 Å². The molecule has 0 aliphatic carbocycles. The molecule has 0 unspecified atom stereocenters. The number of benzene rings is 1. The number of ether oxygens (including phenoxy) is 1. The van der Waals surface area contributed by atoms with Crippen LogP contribution in [-0.4, -0.2) is 67.7 Å². The molecule has 1 aromatic carbocycles. The largest absolute Gasteiger partial charge is 0.450 e. The number of rotatable bonds is 3. The summed E-state index contributed by atoms with van der Waals surface area (Å²) in [6.07, 6.45) is 1.52. The number of aryl methyl sites for hydroxylation is 1. The molecule has 0 aromatic heterocycles. The number of carbonyl (C=O) groups excluding carboxylic acids is 2. The third kappa shape index (κ3) is 4.29. The summed E-state index contributed by atoms with van der Waals surface area (Å²) in [5, 5.41) is 0. The maximum absolute atomic E-state index is 12.8. The summed E-state index contributed by atoms with van der Waals surface area (Å²) in [5.41, 5.74) is 2.50. The van der Waals surface area contributed by atoms with Gasteiger partial charge in [0, 0.05) is 50.9 Å². The lowest BCUT2D eigenvalue weighted by molar-refractivity contribution is -0.137. The Hall–Kier alpha value is -2.24. The molecule has 6 nitrogen and oxygen atoms in total. The van der Waals surface area contributed by atoms with E-state index in [-0.39, 0.29) is 17.9 Å². The second kappa shape index (κ2) is 8.43. The van der Waals surface area contributed by atoms with Crippen LogP contribution >= 0.6 is 0 Å². The summed E-state index contributed by atoms with van der Waals surface area (Å²) in [4.78, 5) is 30.5. The van der Waals surface area contributed by atoms with Crippen LogP contribution in [0.25, 0.3) is 0 Å². The van der Waals surface area contributed by atoms with E-state index in [1.54, 1.807) is 11.8 Å². The van der Waals surface area contributed by atoms with Crippen LogP contribution in [0.1, 0.15) is 25.3 Å². The van der Waals surface area contributed by atoms with Crippen molar-refractivity contribution in [2.75, 3.05) is 50.8 Å². The van der Waals surface area contributed by atoms with E-state index in [1.807, 2.05) is 4.90 Å². The van der Waals surface area contributed by atoms with Crippen molar-refractivity contribution < 1.29 is 14.3 Å². The SMILES string of the molecule is CCOC(=O)N1CCN(C(=O)C2CCN(c3ccc(C)cc3)CC2)CC1. The molecule has 2 amide bonds. The smallest absolute Gasteiger partial charge is 0.409 e. The van der Waals surface area contributed by atoms with Gasteiger partial charge < -0.3 is 19.4 Å². The first-order valence-electron chi connectivity index (χ1n) is 9.60. The van der Waals surface area contributed by atoms with E-state index in [2.05, 4.69) is 36.1 Å². The van der Waals surface area contributed by atoms with Crippen LogP contribution in [0.15, 0.2) is 24.3 Å². The van der Waals surface area contributed by atoms with Gasteiger partial charge in [-0.05, 0) is 38.8 Å². The van der Waals surface area contributed by atoms with Crippen molar-refractivity contribution in [3.05, 3.63) is 29.8 Å². The number of amides is 2. The van der Waals surface area contributed by atoms with Crippen LogP contribution in [0.2, 0.25) is 0 Å². The highest BCUT2D eigenvalue weighted by Crippen LogP contribution is 2.25. The summed E-state index contributed by atoms with van der Waals surface area (Å²) in [6.45, 7) is 8.46. The Bertz CT molecular complexity index is 616. The van der Waals surface area contributed by atoms with E-state index < -0.39 is 0 Å². The lowest BCUT2D eigenvalue weighted by Crippen LogP contribution is -2.53. The number of anilines is 1. The highest BCUT2D eigenvalue weighted by atomic mass is 16.6. The molecule has 26 heavy (non-hydrogen) atoms. The molecule has 2 aliphatic heterocycles. The zero-order chi connectivity index (χ0) is 18.5. The second-order valence-corrected chi connectivity index (χ2v) is 7.11. The van der Waals surface area contributed by atoms with Crippen molar-refractivity contribution in [3.63, 3.8) is 0 Å². The van der Waals surface area contributed by atoms with Crippen LogP contribution in [-0.2, 0) is 9.53 Å². The summed E-state index contributed by atoms with van der Waals surface area (Å²) in [7, 11) is 0. The van der Waals surface area contributed by atoms with Crippen LogP contribution in [0.3, 0.4) is 0 Å². The number of hydrogen-bond acceptors (Lipinski definition) is 4. The fourth-order valence-electron chi connectivity index (χ4n) is 3.72. The highest BCUT2D eigenvalue weighted by molar-refractivity contribution is 5.79. The van der Waals surface area contributed by atoms with Crippen molar-refractivity contribution >= 4 is 17.7 Å². The molecular formula is C20H29N3O3. The Kier molecular flexibility index (Phi) is 6.01. The van der Waals surface area contributed by atoms with Crippen molar-refractivity contribution in [2.45, 2.75) is 26.7 Å². The molecule has 2 heterocycles. The van der Waals surface area contributed by atoms with Gasteiger partial charge in [0.1, 0.15) is 0 Å². The maximum atomic E-state index is 12.8. The van der Waals surface area contributed by atoms with Crippen LogP contribution < -0.4 is 4.90 Å². The fourth-order valence-corrected chi connectivity index (χ4v) is 3.72. The number of piperazine rings is 1. The third-order valence-corrected chi connectivity index (χ3v) is 5.36. The number of carbonyl (C=O) groups is 2. The van der Waals surface area contributed by atoms with Gasteiger partial charge in [-0.3, -0.25) is 4.79 Å². The van der Waals surface area contributed by atoms with E-state index in [1.165, 1.54) is 11.3 Å². The van der Waals surface area contributed by atoms with Gasteiger partial charge in [0.2, 0.25) is 5.91 Å². The molecule has 0 radical (unpaired) electrons. The van der Waals surface area contributed by atoms with Gasteiger partial charge in [-0.1, -0.05) is 17.7 Å². The number of piperidine rings is 1. The number of hydrogen-bond donors (Lipinski definition) is 0. The fraction of sp³-hybridized carbons (Fsp3) is 0.600. The number of nitrogens with zero attached hydrogens (tertiary/aromatic N) is 3. The Morgan fingerprint density at radius 3 is 2.12 bits per heavy atom. The van der Waals surface area contributed by atoms with Crippen molar-refractivity contribution in [1.82, 2.24) is 9.80 Å². The standard InChI is InChI=1S/C20H29N3O3/c1-3-26-20(25)23-14-12-22(13-15-23)19(24)17-8-10-21(11-9-17)18-6-4-16(2)5-7-18/h4-7,17H,3,8-15H2,1-2H3. The Morgan fingerprint density at radius 2 is 1.54 bits per heavy atom. The highest BCUT2D eigenvalue weighted by Gasteiger charge is 2.31. The van der Waals surface area contributed by atoms with E-state index in [0.717, 1.165) is 25.9 Å². The van der Waals surface area contributed by atoms with E-state index in [0.29, 0.717) is 32.8 Å². The predicted molar refractivity (Wildman–Crippen MR) is 101 cm³/mol. The van der Waals surface area contributed by atoms with Gasteiger partial charge >= 0.3 is 6.09 Å². The lowest BCUT2D eigenvalue weighted by Gasteiger charge is -2.38. The molecule has 3 rings (SSSR count). The van der Waals surface area contributed by atoms with Crippen molar-refractivity contribution in [1.29, 1.82) is 0 Å². The minimum absolute atomic E-state index is 0.103. The molecule has 0 saturated carbocycles. The molecule has 0 atom stereocenters. The Labute approximate surface area is 155 Å². The van der Waals surface area contributed by atoms with Crippen LogP contribution in [0.5, 0.6) is 0 Å². The van der Waals surface area contributed by atoms with Crippen LogP contribution in [0, 0.1) is 12.8 Å². The molecule has 2 aliphatic rings. The molecule has 2 fully saturated rings. The van der Waals surface area contributed by atoms with Crippen molar-refractivity contribution in [2.24, 2.45) is 5.92 Å². The molecule has 0 N–H and O–H groups in total. The Balaban J connectivity index is 1.47. The predicted octanol–water partition coefficient (Wildman–Crippen LogP) is 2.51. The second-order valence-electron chi connectivity index (χ2n) is 7.11. The quantitative estimate of drug-likeness (QED) is 0.832. The minimum atomic E-state index is -0.272. The van der Waals surface area contributed by atoms with Gasteiger partial charge in [-0.15, -0.1) is 0 Å². The van der Waals surface area contributed by atoms with E-state index in [9.17, 15) is 9.59 Å². The van der Waals surface area contributed by atoms with E-state index >= 15 is 0 Å². The first-order valence-corrected chi connectivity index (χ1v) is 9.60. The average Bonchev–Trinajstić information content (AvgIpc) is 2.68. The summed E-state index contributed by atoms with van der Waals surface area (Å²) < 4.78 is 5.03. The maximum Gasteiger partial charge on any atom is 0.409 e. The zero-order valence-corrected chi connectivity index (χ0v) is 15.8. The summed E-state index contributed by atoms with van der Waals surface area (Å²) in [6, 6.07) is 8.59. The van der Waals surface area contributed by atoms with Gasteiger partial charge in [-0.2, -0.15) is 0 Å². The van der Waals surface area contributed by atoms with Gasteiger partial charge in [0.15, 0.2) is 0 Å².